The Kier molecular flexibility index (Phi) is 33.0. The number of hydrogen-bond acceptors (Lipinski definition) is 4. The zero-order chi connectivity index (χ0) is 35.4. The van der Waals surface area contributed by atoms with Crippen LogP contribution in [0.25, 0.3) is 0 Å². The van der Waals surface area contributed by atoms with Gasteiger partial charge in [-0.3, -0.25) is 9.80 Å². The van der Waals surface area contributed by atoms with Crippen molar-refractivity contribution in [2.24, 2.45) is 0 Å². The van der Waals surface area contributed by atoms with Crippen molar-refractivity contribution >= 4 is 0 Å². The van der Waals surface area contributed by atoms with Gasteiger partial charge in [0.05, 0.1) is 0 Å². The maximum Gasteiger partial charge on any atom is 0.0110 e. The molecule has 0 aromatic rings. The second kappa shape index (κ2) is 35.8. The third kappa shape index (κ3) is 28.4. The van der Waals surface area contributed by atoms with Crippen molar-refractivity contribution < 1.29 is 0 Å². The summed E-state index contributed by atoms with van der Waals surface area (Å²) in [5.74, 6) is 0. The highest BCUT2D eigenvalue weighted by Gasteiger charge is 2.20. The molecule has 0 bridgehead atoms. The number of unbranched alkanes of at least 4 members (excludes halogenated alkanes) is 30. The summed E-state index contributed by atoms with van der Waals surface area (Å²) in [7, 11) is 0. The molecule has 0 N–H and O–H groups in total. The Balaban J connectivity index is 1.27. The zero-order valence-electron chi connectivity index (χ0n) is 34.9. The van der Waals surface area contributed by atoms with Crippen LogP contribution in [-0.4, -0.2) is 98.1 Å². The van der Waals surface area contributed by atoms with Gasteiger partial charge in [-0.2, -0.15) is 0 Å². The first-order valence-corrected chi connectivity index (χ1v) is 23.7. The molecule has 4 nitrogen and oxygen atoms in total. The zero-order valence-corrected chi connectivity index (χ0v) is 34.9. The molecule has 2 heterocycles. The minimum atomic E-state index is 1.28. The highest BCUT2D eigenvalue weighted by atomic mass is 15.3. The molecule has 0 aromatic carbocycles. The first-order valence-electron chi connectivity index (χ1n) is 23.7. The third-order valence-corrected chi connectivity index (χ3v) is 12.3. The average molecular weight is 703 g/mol. The lowest BCUT2D eigenvalue weighted by atomic mass is 10.0. The number of piperazine rings is 2. The van der Waals surface area contributed by atoms with Gasteiger partial charge in [0.1, 0.15) is 0 Å². The van der Waals surface area contributed by atoms with Crippen LogP contribution < -0.4 is 0 Å². The van der Waals surface area contributed by atoms with E-state index >= 15 is 0 Å². The van der Waals surface area contributed by atoms with Crippen LogP contribution in [-0.2, 0) is 0 Å². The maximum atomic E-state index is 2.75. The first kappa shape index (κ1) is 46.0. The van der Waals surface area contributed by atoms with Gasteiger partial charge >= 0.3 is 0 Å². The van der Waals surface area contributed by atoms with Crippen molar-refractivity contribution in [3.05, 3.63) is 0 Å². The van der Waals surface area contributed by atoms with E-state index in [0.717, 1.165) is 0 Å². The van der Waals surface area contributed by atoms with Gasteiger partial charge in [-0.25, -0.2) is 0 Å². The van der Waals surface area contributed by atoms with Gasteiger partial charge in [0.25, 0.3) is 0 Å². The molecule has 2 aliphatic rings. The van der Waals surface area contributed by atoms with Crippen LogP contribution >= 0.6 is 0 Å². The van der Waals surface area contributed by atoms with E-state index in [-0.39, 0.29) is 0 Å². The van der Waals surface area contributed by atoms with E-state index in [2.05, 4.69) is 33.4 Å². The van der Waals surface area contributed by atoms with Crippen molar-refractivity contribution in [1.29, 1.82) is 0 Å². The minimum absolute atomic E-state index is 1.28. The summed E-state index contributed by atoms with van der Waals surface area (Å²) >= 11 is 0. The highest BCUT2D eigenvalue weighted by Crippen LogP contribution is 2.16. The molecule has 0 unspecified atom stereocenters. The number of rotatable bonds is 37. The summed E-state index contributed by atoms with van der Waals surface area (Å²) in [5, 5.41) is 0. The molecule has 0 aliphatic carbocycles. The van der Waals surface area contributed by atoms with Crippen LogP contribution in [0.2, 0.25) is 0 Å². The van der Waals surface area contributed by atoms with Gasteiger partial charge in [-0.05, 0) is 25.9 Å². The molecule has 0 radical (unpaired) electrons. The van der Waals surface area contributed by atoms with E-state index in [1.54, 1.807) is 0 Å². The summed E-state index contributed by atoms with van der Waals surface area (Å²) < 4.78 is 0. The lowest BCUT2D eigenvalue weighted by molar-refractivity contribution is 0.0934. The Bertz CT molecular complexity index is 599. The quantitative estimate of drug-likeness (QED) is 0.0597. The molecule has 4 heteroatoms. The summed E-state index contributed by atoms with van der Waals surface area (Å²) in [6.45, 7) is 20.2. The van der Waals surface area contributed by atoms with Crippen LogP contribution in [0.15, 0.2) is 0 Å². The van der Waals surface area contributed by atoms with Gasteiger partial charge in [0.15, 0.2) is 0 Å². The van der Waals surface area contributed by atoms with Crippen LogP contribution in [0.4, 0.5) is 0 Å². The van der Waals surface area contributed by atoms with Crippen molar-refractivity contribution in [1.82, 2.24) is 19.6 Å². The molecule has 50 heavy (non-hydrogen) atoms. The average Bonchev–Trinajstić information content (AvgIpc) is 3.14. The number of hydrogen-bond donors (Lipinski definition) is 0. The third-order valence-electron chi connectivity index (χ3n) is 12.3. The second-order valence-electron chi connectivity index (χ2n) is 17.0. The largest absolute Gasteiger partial charge is 0.301 e. The minimum Gasteiger partial charge on any atom is -0.301 e. The molecule has 2 rings (SSSR count). The molecule has 2 saturated heterocycles. The summed E-state index contributed by atoms with van der Waals surface area (Å²) in [6.07, 6.45) is 46.8. The molecule has 2 aliphatic heterocycles. The van der Waals surface area contributed by atoms with Gasteiger partial charge in [-0.15, -0.1) is 0 Å². The molecule has 0 saturated carbocycles. The summed E-state index contributed by atoms with van der Waals surface area (Å²) in [4.78, 5) is 11.0. The monoisotopic (exact) mass is 703 g/mol. The normalized spacial score (nSPS) is 16.9. The Hall–Kier alpha value is -0.160. The van der Waals surface area contributed by atoms with Crippen LogP contribution in [0, 0.1) is 0 Å². The molecular formula is C46H94N4. The lowest BCUT2D eigenvalue weighted by Crippen LogP contribution is -2.51. The highest BCUT2D eigenvalue weighted by molar-refractivity contribution is 4.76. The van der Waals surface area contributed by atoms with E-state index in [1.165, 1.54) is 284 Å². The number of nitrogens with zero attached hydrogens (tertiary/aromatic N) is 4. The van der Waals surface area contributed by atoms with E-state index in [9.17, 15) is 0 Å². The van der Waals surface area contributed by atoms with Crippen molar-refractivity contribution in [2.45, 2.75) is 219 Å². The fourth-order valence-corrected chi connectivity index (χ4v) is 8.52. The van der Waals surface area contributed by atoms with E-state index in [1.807, 2.05) is 0 Å². The van der Waals surface area contributed by atoms with E-state index in [0.29, 0.717) is 0 Å². The second-order valence-corrected chi connectivity index (χ2v) is 17.0. The Labute approximate surface area is 316 Å². The van der Waals surface area contributed by atoms with Crippen LogP contribution in [0.1, 0.15) is 219 Å². The molecular weight excluding hydrogens is 609 g/mol. The van der Waals surface area contributed by atoms with Crippen molar-refractivity contribution in [3.63, 3.8) is 0 Å². The van der Waals surface area contributed by atoms with Crippen molar-refractivity contribution in [2.75, 3.05) is 78.5 Å². The van der Waals surface area contributed by atoms with Gasteiger partial charge in [0.2, 0.25) is 0 Å². The molecule has 2 fully saturated rings. The summed E-state index contributed by atoms with van der Waals surface area (Å²) in [5.41, 5.74) is 0. The fourth-order valence-electron chi connectivity index (χ4n) is 8.52. The molecule has 0 amide bonds. The van der Waals surface area contributed by atoms with E-state index < -0.39 is 0 Å². The standard InChI is InChI=1S/C46H94N4/c1-3-5-7-9-11-13-15-17-19-21-23-25-27-29-31-33-35-47-37-41-49(42-38-47)45-46-50-43-39-48(40-44-50)36-34-32-30-28-26-24-22-20-18-16-14-12-10-8-6-4-2/h3-46H2,1-2H3. The van der Waals surface area contributed by atoms with Crippen LogP contribution in [0.3, 0.4) is 0 Å². The van der Waals surface area contributed by atoms with Gasteiger partial charge in [-0.1, -0.05) is 206 Å². The van der Waals surface area contributed by atoms with E-state index in [4.69, 9.17) is 0 Å². The van der Waals surface area contributed by atoms with Gasteiger partial charge < -0.3 is 9.80 Å². The molecule has 0 atom stereocenters. The Morgan fingerprint density at radius 3 is 0.560 bits per heavy atom. The topological polar surface area (TPSA) is 13.0 Å². The maximum absolute atomic E-state index is 2.75. The van der Waals surface area contributed by atoms with Gasteiger partial charge in [0, 0.05) is 65.4 Å². The molecule has 298 valence electrons. The lowest BCUT2D eigenvalue weighted by Gasteiger charge is -2.38. The molecule has 0 spiro atoms. The Morgan fingerprint density at radius 1 is 0.200 bits per heavy atom. The smallest absolute Gasteiger partial charge is 0.0110 e. The SMILES string of the molecule is CCCCCCCCCCCCCCCCCCN1CCN(CCN2CCN(CCCCCCCCCCCCCCCCCC)CC2)CC1. The van der Waals surface area contributed by atoms with Crippen molar-refractivity contribution in [3.8, 4) is 0 Å². The fraction of sp³-hybridized carbons (Fsp3) is 1.00. The predicted molar refractivity (Wildman–Crippen MR) is 225 cm³/mol. The summed E-state index contributed by atoms with van der Waals surface area (Å²) in [6, 6.07) is 0. The predicted octanol–water partition coefficient (Wildman–Crippen LogP) is 12.7. The van der Waals surface area contributed by atoms with Crippen LogP contribution in [0.5, 0.6) is 0 Å². The Morgan fingerprint density at radius 2 is 0.360 bits per heavy atom. The first-order chi connectivity index (χ1) is 24.8. The molecule has 0 aromatic heterocycles.